The van der Waals surface area contributed by atoms with E-state index in [1.807, 2.05) is 0 Å². The molecule has 312 valence electrons. The Hall–Kier alpha value is -5.79. The minimum atomic E-state index is -1.55. The summed E-state index contributed by atoms with van der Waals surface area (Å²) in [5.41, 5.74) is 17.1. The van der Waals surface area contributed by atoms with E-state index >= 15 is 0 Å². The lowest BCUT2D eigenvalue weighted by Crippen LogP contribution is -2.59. The van der Waals surface area contributed by atoms with Gasteiger partial charge in [0, 0.05) is 19.4 Å². The largest absolute Gasteiger partial charge is 0.481 e. The Morgan fingerprint density at radius 1 is 0.625 bits per heavy atom. The lowest BCUT2D eigenvalue weighted by molar-refractivity contribution is -0.143. The number of nitrogens with one attached hydrogen (secondary N) is 5. The van der Waals surface area contributed by atoms with Gasteiger partial charge in [0.15, 0.2) is 5.96 Å². The van der Waals surface area contributed by atoms with Gasteiger partial charge in [-0.3, -0.25) is 38.6 Å². The van der Waals surface area contributed by atoms with Gasteiger partial charge < -0.3 is 59.1 Å². The van der Waals surface area contributed by atoms with Gasteiger partial charge in [-0.25, -0.2) is 4.79 Å². The highest BCUT2D eigenvalue weighted by Crippen LogP contribution is 2.11. The Balaban J connectivity index is 3.40. The summed E-state index contributed by atoms with van der Waals surface area (Å²) in [5, 5.41) is 40.6. The van der Waals surface area contributed by atoms with Crippen LogP contribution in [0.1, 0.15) is 78.2 Å². The molecule has 0 unspecified atom stereocenters. The Labute approximate surface area is 325 Å². The van der Waals surface area contributed by atoms with Gasteiger partial charge in [0.05, 0.1) is 12.5 Å². The van der Waals surface area contributed by atoms with Crippen molar-refractivity contribution in [3.8, 4) is 0 Å². The first kappa shape index (κ1) is 48.2. The predicted molar refractivity (Wildman–Crippen MR) is 203 cm³/mol. The molecule has 0 aliphatic rings. The lowest BCUT2D eigenvalue weighted by atomic mass is 10.00. The van der Waals surface area contributed by atoms with E-state index < -0.39 is 103 Å². The third-order valence-electron chi connectivity index (χ3n) is 8.17. The number of hydrogen-bond acceptors (Lipinski definition) is 10. The molecule has 0 fully saturated rings. The first-order valence-corrected chi connectivity index (χ1v) is 18.2. The van der Waals surface area contributed by atoms with Crippen LogP contribution in [-0.2, 0) is 44.8 Å². The van der Waals surface area contributed by atoms with E-state index in [2.05, 4.69) is 31.6 Å². The minimum absolute atomic E-state index is 0.0212. The van der Waals surface area contributed by atoms with E-state index in [0.717, 1.165) is 0 Å². The normalized spacial score (nSPS) is 14.2. The highest BCUT2D eigenvalue weighted by atomic mass is 16.4. The molecule has 0 saturated heterocycles. The average molecular weight is 792 g/mol. The monoisotopic (exact) mass is 791 g/mol. The van der Waals surface area contributed by atoms with Gasteiger partial charge in [0.2, 0.25) is 29.5 Å². The van der Waals surface area contributed by atoms with Gasteiger partial charge >= 0.3 is 17.9 Å². The molecule has 0 aliphatic carbocycles. The second-order valence-corrected chi connectivity index (χ2v) is 14.2. The fourth-order valence-electron chi connectivity index (χ4n) is 5.41. The summed E-state index contributed by atoms with van der Waals surface area (Å²) >= 11 is 0. The number of carboxylic acids is 3. The topological polar surface area (TPSA) is 348 Å². The number of aliphatic carboxylic acids is 3. The molecular weight excluding hydrogens is 734 g/mol. The molecule has 0 spiro atoms. The van der Waals surface area contributed by atoms with Gasteiger partial charge in [0.1, 0.15) is 30.2 Å². The van der Waals surface area contributed by atoms with E-state index in [9.17, 15) is 48.6 Å². The van der Waals surface area contributed by atoms with Crippen LogP contribution in [0.5, 0.6) is 0 Å². The highest BCUT2D eigenvalue weighted by molar-refractivity contribution is 5.97. The SMILES string of the molecule is CC(C)C[C@H](NC(=O)[C@H](CCCN=C(N)N)NC(=O)[C@H](CC(C)C)NC(=O)[C@H](CCC(=O)O)NC(=O)[C@H](Cc1ccccc1)NC(=O)[C@@H](N)CC(=O)O)C(=O)O. The number of carbonyl (C=O) groups excluding carboxylic acids is 5. The molecule has 20 nitrogen and oxygen atoms in total. The Kier molecular flexibility index (Phi) is 21.2. The summed E-state index contributed by atoms with van der Waals surface area (Å²) in [6.45, 7) is 7.15. The number of nitrogens with zero attached hydrogens (tertiary/aromatic N) is 1. The first-order valence-electron chi connectivity index (χ1n) is 18.2. The van der Waals surface area contributed by atoms with E-state index in [0.29, 0.717) is 5.56 Å². The van der Waals surface area contributed by atoms with Crippen LogP contribution in [0, 0.1) is 11.8 Å². The fourth-order valence-corrected chi connectivity index (χ4v) is 5.41. The van der Waals surface area contributed by atoms with E-state index in [4.69, 9.17) is 22.3 Å². The molecule has 0 radical (unpaired) electrons. The van der Waals surface area contributed by atoms with E-state index in [1.54, 1.807) is 58.0 Å². The molecule has 0 saturated carbocycles. The highest BCUT2D eigenvalue weighted by Gasteiger charge is 2.33. The molecular formula is C36H57N9O11. The standard InChI is InChI=1S/C36H57N9O11/c1-19(2)15-25(33(53)41-23(11-8-14-40-36(38)39)31(51)45-27(35(55)56)16-20(3)4)44-32(52)24(12-13-28(46)47)42-34(54)26(17-21-9-6-5-7-10-21)43-30(50)22(37)18-29(48)49/h5-7,9-10,19-20,22-27H,8,11-18,37H2,1-4H3,(H,41,53)(H,42,54)(H,43,50)(H,44,52)(H,45,51)(H,46,47)(H,48,49)(H,55,56)(H4,38,39,40)/t22-,23-,24-,25-,26-,27-/m0/s1. The van der Waals surface area contributed by atoms with Crippen molar-refractivity contribution < 1.29 is 53.7 Å². The molecule has 5 amide bonds. The van der Waals surface area contributed by atoms with Crippen LogP contribution < -0.4 is 43.8 Å². The van der Waals surface area contributed by atoms with Crippen molar-refractivity contribution in [2.75, 3.05) is 6.54 Å². The number of nitrogens with two attached hydrogens (primary N) is 3. The molecule has 1 rings (SSSR count). The van der Waals surface area contributed by atoms with Crippen LogP contribution in [-0.4, -0.2) is 112 Å². The molecule has 0 aromatic heterocycles. The van der Waals surface area contributed by atoms with Crippen molar-refractivity contribution >= 4 is 53.4 Å². The number of guanidine groups is 1. The van der Waals surface area contributed by atoms with Crippen molar-refractivity contribution in [3.05, 3.63) is 35.9 Å². The minimum Gasteiger partial charge on any atom is -0.481 e. The van der Waals surface area contributed by atoms with Crippen LogP contribution in [0.15, 0.2) is 35.3 Å². The lowest BCUT2D eigenvalue weighted by Gasteiger charge is -2.28. The molecule has 6 atom stereocenters. The van der Waals surface area contributed by atoms with Crippen molar-refractivity contribution in [1.29, 1.82) is 0 Å². The Morgan fingerprint density at radius 3 is 1.59 bits per heavy atom. The third-order valence-corrected chi connectivity index (χ3v) is 8.17. The number of amides is 5. The van der Waals surface area contributed by atoms with Gasteiger partial charge in [-0.05, 0) is 49.5 Å². The van der Waals surface area contributed by atoms with Crippen molar-refractivity contribution in [1.82, 2.24) is 26.6 Å². The zero-order valence-electron chi connectivity index (χ0n) is 32.2. The molecule has 1 aromatic carbocycles. The second-order valence-electron chi connectivity index (χ2n) is 14.2. The number of rotatable bonds is 26. The first-order chi connectivity index (χ1) is 26.2. The fraction of sp³-hybridized carbons (Fsp3) is 0.583. The van der Waals surface area contributed by atoms with Crippen LogP contribution in [0.3, 0.4) is 0 Å². The maximum atomic E-state index is 13.8. The third kappa shape index (κ3) is 19.5. The van der Waals surface area contributed by atoms with Crippen molar-refractivity contribution in [3.63, 3.8) is 0 Å². The quantitative estimate of drug-likeness (QED) is 0.0291. The van der Waals surface area contributed by atoms with Gasteiger partial charge in [-0.1, -0.05) is 58.0 Å². The Bertz CT molecular complexity index is 1540. The maximum Gasteiger partial charge on any atom is 0.326 e. The number of benzene rings is 1. The molecule has 0 aliphatic heterocycles. The second kappa shape index (κ2) is 24.6. The molecule has 20 heteroatoms. The zero-order chi connectivity index (χ0) is 42.5. The Morgan fingerprint density at radius 2 is 1.09 bits per heavy atom. The van der Waals surface area contributed by atoms with Crippen LogP contribution >= 0.6 is 0 Å². The predicted octanol–water partition coefficient (Wildman–Crippen LogP) is -1.45. The molecule has 1 aromatic rings. The maximum absolute atomic E-state index is 13.8. The molecule has 14 N–H and O–H groups in total. The summed E-state index contributed by atoms with van der Waals surface area (Å²) in [6.07, 6.45) is -1.55. The van der Waals surface area contributed by atoms with Crippen LogP contribution in [0.4, 0.5) is 0 Å². The van der Waals surface area contributed by atoms with Crippen molar-refractivity contribution in [2.24, 2.45) is 34.0 Å². The average Bonchev–Trinajstić information content (AvgIpc) is 3.09. The summed E-state index contributed by atoms with van der Waals surface area (Å²) in [6, 6.07) is 0.0978. The molecule has 0 bridgehead atoms. The van der Waals surface area contributed by atoms with Crippen LogP contribution in [0.25, 0.3) is 0 Å². The van der Waals surface area contributed by atoms with E-state index in [1.165, 1.54) is 0 Å². The van der Waals surface area contributed by atoms with Gasteiger partial charge in [0.25, 0.3) is 0 Å². The van der Waals surface area contributed by atoms with Gasteiger partial charge in [-0.2, -0.15) is 0 Å². The van der Waals surface area contributed by atoms with Crippen molar-refractivity contribution in [2.45, 2.75) is 115 Å². The zero-order valence-corrected chi connectivity index (χ0v) is 32.2. The van der Waals surface area contributed by atoms with Gasteiger partial charge in [-0.15, -0.1) is 0 Å². The molecule has 56 heavy (non-hydrogen) atoms. The number of carbonyl (C=O) groups is 8. The number of hydrogen-bond donors (Lipinski definition) is 11. The summed E-state index contributed by atoms with van der Waals surface area (Å²) in [5.74, 6) is -8.88. The summed E-state index contributed by atoms with van der Waals surface area (Å²) in [7, 11) is 0. The smallest absolute Gasteiger partial charge is 0.326 e. The summed E-state index contributed by atoms with van der Waals surface area (Å²) < 4.78 is 0. The number of aliphatic imine (C=N–C) groups is 1. The van der Waals surface area contributed by atoms with Crippen LogP contribution in [0.2, 0.25) is 0 Å². The summed E-state index contributed by atoms with van der Waals surface area (Å²) in [4.78, 5) is 106. The molecule has 0 heterocycles. The number of carboxylic acid groups (broad SMARTS) is 3. The van der Waals surface area contributed by atoms with E-state index in [-0.39, 0.29) is 56.4 Å².